The summed E-state index contributed by atoms with van der Waals surface area (Å²) in [7, 11) is 2.04. The maximum atomic E-state index is 3.24. The first-order valence-corrected chi connectivity index (χ1v) is 4.62. The molecule has 0 aromatic rings. The van der Waals surface area contributed by atoms with E-state index in [1.54, 1.807) is 0 Å². The van der Waals surface area contributed by atoms with E-state index >= 15 is 0 Å². The van der Waals surface area contributed by atoms with E-state index in [4.69, 9.17) is 0 Å². The minimum Gasteiger partial charge on any atom is -0.319 e. The first-order chi connectivity index (χ1) is 5.24. The first-order valence-electron chi connectivity index (χ1n) is 4.62. The second-order valence-corrected chi connectivity index (χ2v) is 3.80. The van der Waals surface area contributed by atoms with Crippen molar-refractivity contribution in [1.82, 2.24) is 10.2 Å². The van der Waals surface area contributed by atoms with Gasteiger partial charge in [0.1, 0.15) is 0 Å². The highest BCUT2D eigenvalue weighted by atomic mass is 15.2. The first kappa shape index (κ1) is 9.01. The fraction of sp³-hybridized carbons (Fsp3) is 1.00. The molecule has 0 bridgehead atoms. The lowest BCUT2D eigenvalue weighted by Crippen LogP contribution is -2.29. The average Bonchev–Trinajstić information content (AvgIpc) is 2.37. The van der Waals surface area contributed by atoms with Crippen molar-refractivity contribution in [2.75, 3.05) is 26.7 Å². The molecule has 1 rings (SSSR count). The van der Waals surface area contributed by atoms with Gasteiger partial charge in [0.05, 0.1) is 0 Å². The maximum Gasteiger partial charge on any atom is 0.00387 e. The molecular formula is C9H20N2. The van der Waals surface area contributed by atoms with Crippen LogP contribution < -0.4 is 5.32 Å². The third-order valence-electron chi connectivity index (χ3n) is 2.54. The summed E-state index contributed by atoms with van der Waals surface area (Å²) < 4.78 is 0. The Labute approximate surface area is 70.0 Å². The van der Waals surface area contributed by atoms with Crippen molar-refractivity contribution in [3.63, 3.8) is 0 Å². The van der Waals surface area contributed by atoms with Crippen LogP contribution in [-0.4, -0.2) is 37.6 Å². The van der Waals surface area contributed by atoms with E-state index in [0.29, 0.717) is 0 Å². The van der Waals surface area contributed by atoms with E-state index in [2.05, 4.69) is 24.1 Å². The Kier molecular flexibility index (Phi) is 3.34. The molecule has 1 aliphatic heterocycles. The van der Waals surface area contributed by atoms with Gasteiger partial charge >= 0.3 is 0 Å². The summed E-state index contributed by atoms with van der Waals surface area (Å²) in [5.74, 6) is 0.891. The quantitative estimate of drug-likeness (QED) is 0.654. The SMILES string of the molecule is CNCC1CCN(C(C)C)C1. The number of nitrogens with one attached hydrogen (secondary N) is 1. The maximum absolute atomic E-state index is 3.24. The van der Waals surface area contributed by atoms with Gasteiger partial charge in [-0.15, -0.1) is 0 Å². The highest BCUT2D eigenvalue weighted by Gasteiger charge is 2.22. The Bertz CT molecular complexity index is 112. The molecule has 0 aliphatic carbocycles. The Morgan fingerprint density at radius 1 is 1.55 bits per heavy atom. The Balaban J connectivity index is 2.23. The van der Waals surface area contributed by atoms with Gasteiger partial charge in [0.25, 0.3) is 0 Å². The number of rotatable bonds is 3. The van der Waals surface area contributed by atoms with E-state index in [1.807, 2.05) is 7.05 Å². The van der Waals surface area contributed by atoms with Crippen LogP contribution in [0.5, 0.6) is 0 Å². The second-order valence-electron chi connectivity index (χ2n) is 3.80. The van der Waals surface area contributed by atoms with Crippen LogP contribution in [0, 0.1) is 5.92 Å². The molecule has 1 saturated heterocycles. The molecular weight excluding hydrogens is 136 g/mol. The smallest absolute Gasteiger partial charge is 0.00387 e. The second kappa shape index (κ2) is 4.07. The van der Waals surface area contributed by atoms with Gasteiger partial charge in [-0.1, -0.05) is 0 Å². The van der Waals surface area contributed by atoms with Gasteiger partial charge in [-0.3, -0.25) is 0 Å². The number of nitrogens with zero attached hydrogens (tertiary/aromatic N) is 1. The number of likely N-dealkylation sites (tertiary alicyclic amines) is 1. The molecule has 0 saturated carbocycles. The third kappa shape index (κ3) is 2.46. The average molecular weight is 156 g/mol. The predicted octanol–water partition coefficient (Wildman–Crippen LogP) is 0.936. The van der Waals surface area contributed by atoms with E-state index in [-0.39, 0.29) is 0 Å². The van der Waals surface area contributed by atoms with Gasteiger partial charge in [-0.05, 0) is 46.3 Å². The van der Waals surface area contributed by atoms with Crippen molar-refractivity contribution in [1.29, 1.82) is 0 Å². The van der Waals surface area contributed by atoms with Gasteiger partial charge in [0, 0.05) is 12.6 Å². The third-order valence-corrected chi connectivity index (χ3v) is 2.54. The van der Waals surface area contributed by atoms with Crippen molar-refractivity contribution in [3.05, 3.63) is 0 Å². The molecule has 11 heavy (non-hydrogen) atoms. The molecule has 2 heteroatoms. The van der Waals surface area contributed by atoms with Crippen LogP contribution in [0.3, 0.4) is 0 Å². The zero-order valence-electron chi connectivity index (χ0n) is 7.93. The Hall–Kier alpha value is -0.0800. The molecule has 0 amide bonds. The predicted molar refractivity (Wildman–Crippen MR) is 48.7 cm³/mol. The lowest BCUT2D eigenvalue weighted by molar-refractivity contribution is 0.264. The van der Waals surface area contributed by atoms with E-state index in [9.17, 15) is 0 Å². The molecule has 1 aliphatic rings. The normalized spacial score (nSPS) is 26.7. The van der Waals surface area contributed by atoms with Gasteiger partial charge in [-0.25, -0.2) is 0 Å². The number of hydrogen-bond acceptors (Lipinski definition) is 2. The molecule has 0 spiro atoms. The summed E-state index contributed by atoms with van der Waals surface area (Å²) in [5.41, 5.74) is 0. The summed E-state index contributed by atoms with van der Waals surface area (Å²) in [6.45, 7) is 8.33. The van der Waals surface area contributed by atoms with Crippen molar-refractivity contribution in [2.45, 2.75) is 26.3 Å². The van der Waals surface area contributed by atoms with Gasteiger partial charge in [0.15, 0.2) is 0 Å². The van der Waals surface area contributed by atoms with Crippen molar-refractivity contribution >= 4 is 0 Å². The lowest BCUT2D eigenvalue weighted by Gasteiger charge is -2.20. The summed E-state index contributed by atoms with van der Waals surface area (Å²) in [6.07, 6.45) is 1.37. The van der Waals surface area contributed by atoms with Crippen LogP contribution in [0.15, 0.2) is 0 Å². The fourth-order valence-corrected chi connectivity index (χ4v) is 1.79. The standard InChI is InChI=1S/C9H20N2/c1-8(2)11-5-4-9(7-11)6-10-3/h8-10H,4-7H2,1-3H3. The zero-order valence-corrected chi connectivity index (χ0v) is 7.93. The van der Waals surface area contributed by atoms with E-state index < -0.39 is 0 Å². The lowest BCUT2D eigenvalue weighted by atomic mass is 10.1. The molecule has 1 heterocycles. The minimum absolute atomic E-state index is 0.733. The largest absolute Gasteiger partial charge is 0.319 e. The summed E-state index contributed by atoms with van der Waals surface area (Å²) in [6, 6.07) is 0.733. The van der Waals surface area contributed by atoms with Crippen LogP contribution >= 0.6 is 0 Å². The van der Waals surface area contributed by atoms with Crippen LogP contribution in [-0.2, 0) is 0 Å². The molecule has 1 N–H and O–H groups in total. The Morgan fingerprint density at radius 3 is 2.73 bits per heavy atom. The van der Waals surface area contributed by atoms with E-state index in [0.717, 1.165) is 12.0 Å². The molecule has 1 fully saturated rings. The van der Waals surface area contributed by atoms with Crippen molar-refractivity contribution in [2.24, 2.45) is 5.92 Å². The molecule has 0 aromatic heterocycles. The summed E-state index contributed by atoms with van der Waals surface area (Å²) >= 11 is 0. The van der Waals surface area contributed by atoms with Crippen LogP contribution in [0.2, 0.25) is 0 Å². The molecule has 2 nitrogen and oxygen atoms in total. The topological polar surface area (TPSA) is 15.3 Å². The van der Waals surface area contributed by atoms with Crippen LogP contribution in [0.4, 0.5) is 0 Å². The Morgan fingerprint density at radius 2 is 2.27 bits per heavy atom. The fourth-order valence-electron chi connectivity index (χ4n) is 1.79. The van der Waals surface area contributed by atoms with Crippen LogP contribution in [0.25, 0.3) is 0 Å². The summed E-state index contributed by atoms with van der Waals surface area (Å²) in [5, 5.41) is 3.24. The molecule has 1 atom stereocenters. The van der Waals surface area contributed by atoms with Crippen LogP contribution in [0.1, 0.15) is 20.3 Å². The zero-order chi connectivity index (χ0) is 8.27. The highest BCUT2D eigenvalue weighted by Crippen LogP contribution is 2.17. The molecule has 0 radical (unpaired) electrons. The van der Waals surface area contributed by atoms with Gasteiger partial charge in [0.2, 0.25) is 0 Å². The van der Waals surface area contributed by atoms with Crippen molar-refractivity contribution in [3.8, 4) is 0 Å². The van der Waals surface area contributed by atoms with Gasteiger partial charge in [-0.2, -0.15) is 0 Å². The van der Waals surface area contributed by atoms with Gasteiger partial charge < -0.3 is 10.2 Å². The van der Waals surface area contributed by atoms with Crippen molar-refractivity contribution < 1.29 is 0 Å². The summed E-state index contributed by atoms with van der Waals surface area (Å²) in [4.78, 5) is 2.56. The monoisotopic (exact) mass is 156 g/mol. The molecule has 1 unspecified atom stereocenters. The van der Waals surface area contributed by atoms with E-state index in [1.165, 1.54) is 26.1 Å². The minimum atomic E-state index is 0.733. The molecule has 0 aromatic carbocycles. The molecule has 66 valence electrons. The highest BCUT2D eigenvalue weighted by molar-refractivity contribution is 4.78. The number of hydrogen-bond donors (Lipinski definition) is 1.